The van der Waals surface area contributed by atoms with Crippen molar-refractivity contribution in [2.75, 3.05) is 23.0 Å². The van der Waals surface area contributed by atoms with E-state index in [9.17, 15) is 9.59 Å². The number of urea groups is 1. The third-order valence-electron chi connectivity index (χ3n) is 7.38. The van der Waals surface area contributed by atoms with Crippen molar-refractivity contribution in [3.05, 3.63) is 82.8 Å². The van der Waals surface area contributed by atoms with Crippen molar-refractivity contribution < 1.29 is 4.79 Å². The number of aromatic nitrogens is 7. The molecule has 2 aromatic carbocycles. The Balaban J connectivity index is 1.32. The maximum Gasteiger partial charge on any atom is 0.323 e. The Kier molecular flexibility index (Phi) is 7.04. The van der Waals surface area contributed by atoms with E-state index in [1.54, 1.807) is 50.9 Å². The summed E-state index contributed by atoms with van der Waals surface area (Å²) in [4.78, 5) is 44.8. The number of hydrogen-bond acceptors (Lipinski definition) is 8. The van der Waals surface area contributed by atoms with Crippen LogP contribution in [0.4, 0.5) is 22.1 Å². The number of nitrogens with zero attached hydrogens (tertiary/aromatic N) is 6. The molecule has 4 aromatic heterocycles. The highest BCUT2D eigenvalue weighted by Crippen LogP contribution is 2.31. The van der Waals surface area contributed by atoms with Gasteiger partial charge in [0.2, 0.25) is 5.95 Å². The summed E-state index contributed by atoms with van der Waals surface area (Å²) < 4.78 is 1.50. The normalized spacial score (nSPS) is 11.6. The van der Waals surface area contributed by atoms with Crippen LogP contribution in [0.15, 0.2) is 65.8 Å². The van der Waals surface area contributed by atoms with Crippen LogP contribution in [0.25, 0.3) is 44.3 Å². The molecule has 12 nitrogen and oxygen atoms in total. The number of hydrogen-bond donors (Lipinski definition) is 4. The maximum absolute atomic E-state index is 13.4. The zero-order valence-corrected chi connectivity index (χ0v) is 25.3. The Morgan fingerprint density at radius 2 is 1.73 bits per heavy atom. The van der Waals surface area contributed by atoms with Gasteiger partial charge in [0.05, 0.1) is 29.3 Å². The van der Waals surface area contributed by atoms with Gasteiger partial charge in [0.15, 0.2) is 0 Å². The standard InChI is InChI=1S/C32H32N10O2/c1-17-7-9-21(13-22(17)23-12-20-14-35-30(33-5)40-27(20)42(6)28(23)43)37-31(44)38-25-16-34-29(32(2,3)4)39-26(25)18-8-10-24-19(11-18)15-36-41-24/h7-16H,1-6H3,(H,36,41)(H,33,35,40)(H2,37,38,44). The van der Waals surface area contributed by atoms with Gasteiger partial charge in [-0.1, -0.05) is 32.9 Å². The SMILES string of the molecule is CNc1ncc2cc(-c3cc(NC(=O)Nc4cnc(C(C)(C)C)nc4-c4ccc5[nH]ncc5c4)ccc3C)c(=O)n(C)c2n1. The molecule has 0 aliphatic rings. The molecule has 0 unspecified atom stereocenters. The van der Waals surface area contributed by atoms with Gasteiger partial charge < -0.3 is 16.0 Å². The molecule has 6 aromatic rings. The number of rotatable bonds is 5. The number of benzene rings is 2. The molecular weight excluding hydrogens is 556 g/mol. The van der Waals surface area contributed by atoms with E-state index < -0.39 is 6.03 Å². The first-order valence-electron chi connectivity index (χ1n) is 14.1. The summed E-state index contributed by atoms with van der Waals surface area (Å²) in [6.07, 6.45) is 5.05. The Morgan fingerprint density at radius 3 is 2.50 bits per heavy atom. The average Bonchev–Trinajstić information content (AvgIpc) is 3.47. The highest BCUT2D eigenvalue weighted by Gasteiger charge is 2.21. The second kappa shape index (κ2) is 10.9. The predicted octanol–water partition coefficient (Wildman–Crippen LogP) is 5.62. The minimum absolute atomic E-state index is 0.210. The molecule has 6 rings (SSSR count). The lowest BCUT2D eigenvalue weighted by Crippen LogP contribution is -2.22. The number of amides is 2. The van der Waals surface area contributed by atoms with Crippen molar-refractivity contribution in [3.63, 3.8) is 0 Å². The molecule has 4 N–H and O–H groups in total. The molecule has 44 heavy (non-hydrogen) atoms. The van der Waals surface area contributed by atoms with Gasteiger partial charge in [0.1, 0.15) is 11.5 Å². The molecule has 0 saturated heterocycles. The van der Waals surface area contributed by atoms with Gasteiger partial charge in [-0.2, -0.15) is 10.1 Å². The van der Waals surface area contributed by atoms with Gasteiger partial charge >= 0.3 is 6.03 Å². The minimum atomic E-state index is -0.475. The van der Waals surface area contributed by atoms with E-state index in [0.29, 0.717) is 45.6 Å². The van der Waals surface area contributed by atoms with Crippen LogP contribution in [0, 0.1) is 6.92 Å². The van der Waals surface area contributed by atoms with Crippen LogP contribution < -0.4 is 21.5 Å². The number of anilines is 3. The Hall–Kier alpha value is -5.65. The first kappa shape index (κ1) is 28.5. The largest absolute Gasteiger partial charge is 0.357 e. The van der Waals surface area contributed by atoms with Crippen LogP contribution in [-0.2, 0) is 12.5 Å². The fourth-order valence-corrected chi connectivity index (χ4v) is 4.98. The van der Waals surface area contributed by atoms with E-state index >= 15 is 0 Å². The second-order valence-corrected chi connectivity index (χ2v) is 11.6. The summed E-state index contributed by atoms with van der Waals surface area (Å²) in [5.41, 5.74) is 5.34. The maximum atomic E-state index is 13.4. The number of H-pyrrole nitrogens is 1. The van der Waals surface area contributed by atoms with Gasteiger partial charge in [-0.3, -0.25) is 14.5 Å². The molecule has 0 bridgehead atoms. The predicted molar refractivity (Wildman–Crippen MR) is 173 cm³/mol. The fraction of sp³-hybridized carbons (Fsp3) is 0.219. The van der Waals surface area contributed by atoms with E-state index in [1.165, 1.54) is 4.57 Å². The molecule has 12 heteroatoms. The second-order valence-electron chi connectivity index (χ2n) is 11.6. The summed E-state index contributed by atoms with van der Waals surface area (Å²) in [6, 6.07) is 12.6. The van der Waals surface area contributed by atoms with Crippen LogP contribution in [0.1, 0.15) is 32.2 Å². The van der Waals surface area contributed by atoms with Gasteiger partial charge in [0.25, 0.3) is 5.56 Å². The van der Waals surface area contributed by atoms with Gasteiger partial charge in [-0.15, -0.1) is 0 Å². The monoisotopic (exact) mass is 588 g/mol. The molecule has 0 fully saturated rings. The average molecular weight is 589 g/mol. The molecule has 0 radical (unpaired) electrons. The Bertz CT molecular complexity index is 2120. The third kappa shape index (κ3) is 5.33. The van der Waals surface area contributed by atoms with E-state index in [1.807, 2.05) is 52.0 Å². The number of carbonyl (C=O) groups excluding carboxylic acids is 1. The molecular formula is C32H32N10O2. The summed E-state index contributed by atoms with van der Waals surface area (Å²) >= 11 is 0. The zero-order chi connectivity index (χ0) is 31.2. The zero-order valence-electron chi connectivity index (χ0n) is 25.3. The lowest BCUT2D eigenvalue weighted by Gasteiger charge is -2.19. The van der Waals surface area contributed by atoms with Crippen LogP contribution in [0.3, 0.4) is 0 Å². The topological polar surface area (TPSA) is 155 Å². The van der Waals surface area contributed by atoms with Gasteiger partial charge in [0, 0.05) is 53.3 Å². The first-order chi connectivity index (χ1) is 21.0. The highest BCUT2D eigenvalue weighted by molar-refractivity contribution is 6.02. The highest BCUT2D eigenvalue weighted by atomic mass is 16.2. The lowest BCUT2D eigenvalue weighted by molar-refractivity contribution is 0.262. The molecule has 2 amide bonds. The van der Waals surface area contributed by atoms with Crippen LogP contribution >= 0.6 is 0 Å². The number of pyridine rings is 1. The van der Waals surface area contributed by atoms with Crippen molar-refractivity contribution in [1.82, 2.24) is 34.7 Å². The minimum Gasteiger partial charge on any atom is -0.357 e. The first-order valence-corrected chi connectivity index (χ1v) is 14.1. The molecule has 4 heterocycles. The smallest absolute Gasteiger partial charge is 0.323 e. The van der Waals surface area contributed by atoms with Crippen LogP contribution in [0.5, 0.6) is 0 Å². The van der Waals surface area contributed by atoms with E-state index in [-0.39, 0.29) is 11.0 Å². The van der Waals surface area contributed by atoms with Gasteiger partial charge in [-0.05, 0) is 48.4 Å². The number of nitrogens with one attached hydrogen (secondary N) is 4. The summed E-state index contributed by atoms with van der Waals surface area (Å²) in [6.45, 7) is 8.03. The molecule has 0 aliphatic heterocycles. The summed E-state index contributed by atoms with van der Waals surface area (Å²) in [7, 11) is 3.40. The van der Waals surface area contributed by atoms with Crippen LogP contribution in [-0.4, -0.2) is 47.8 Å². The molecule has 0 aliphatic carbocycles. The molecule has 0 spiro atoms. The number of fused-ring (bicyclic) bond motifs is 2. The van der Waals surface area contributed by atoms with E-state index in [0.717, 1.165) is 27.4 Å². The number of carbonyl (C=O) groups is 1. The van der Waals surface area contributed by atoms with Crippen molar-refractivity contribution in [2.45, 2.75) is 33.1 Å². The van der Waals surface area contributed by atoms with Crippen molar-refractivity contribution in [1.29, 1.82) is 0 Å². The number of aromatic amines is 1. The summed E-state index contributed by atoms with van der Waals surface area (Å²) in [5.74, 6) is 1.08. The van der Waals surface area contributed by atoms with Crippen molar-refractivity contribution in [2.24, 2.45) is 7.05 Å². The van der Waals surface area contributed by atoms with E-state index in [2.05, 4.69) is 41.1 Å². The molecule has 222 valence electrons. The fourth-order valence-electron chi connectivity index (χ4n) is 4.98. The Labute approximate surface area is 253 Å². The number of aryl methyl sites for hydroxylation is 2. The molecule has 0 atom stereocenters. The van der Waals surface area contributed by atoms with Gasteiger partial charge in [-0.25, -0.2) is 19.7 Å². The van der Waals surface area contributed by atoms with E-state index in [4.69, 9.17) is 4.98 Å². The quantitative estimate of drug-likeness (QED) is 0.202. The van der Waals surface area contributed by atoms with Crippen molar-refractivity contribution >= 4 is 45.3 Å². The summed E-state index contributed by atoms with van der Waals surface area (Å²) in [5, 5.41) is 17.4. The lowest BCUT2D eigenvalue weighted by atomic mass is 9.95. The third-order valence-corrected chi connectivity index (χ3v) is 7.38. The Morgan fingerprint density at radius 1 is 0.909 bits per heavy atom. The van der Waals surface area contributed by atoms with Crippen LogP contribution in [0.2, 0.25) is 0 Å². The molecule has 0 saturated carbocycles. The van der Waals surface area contributed by atoms with Crippen molar-refractivity contribution in [3.8, 4) is 22.4 Å².